The van der Waals surface area contributed by atoms with Crippen LogP contribution in [0.25, 0.3) is 6.08 Å². The minimum Gasteiger partial charge on any atom is -0.744 e. The molecule has 0 saturated heterocycles. The molecule has 26 heavy (non-hydrogen) atoms. The average Bonchev–Trinajstić information content (AvgIpc) is 2.64. The summed E-state index contributed by atoms with van der Waals surface area (Å²) in [5, 5.41) is 3.30. The van der Waals surface area contributed by atoms with Crippen molar-refractivity contribution in [2.75, 3.05) is 0 Å². The molecule has 1 atom stereocenters. The predicted molar refractivity (Wildman–Crippen MR) is 108 cm³/mol. The van der Waals surface area contributed by atoms with Crippen molar-refractivity contribution in [3.8, 4) is 0 Å². The normalized spacial score (nSPS) is 12.5. The fraction of sp³-hybridized carbons (Fsp3) is 0.0476. The number of hydrogen-bond acceptors (Lipinski definition) is 3. The summed E-state index contributed by atoms with van der Waals surface area (Å²) < 4.78 is 33.6. The maximum absolute atomic E-state index is 11.2. The average molecular weight is 381 g/mol. The van der Waals surface area contributed by atoms with Gasteiger partial charge in [-0.3, -0.25) is 0 Å². The molecule has 0 radical (unpaired) electrons. The van der Waals surface area contributed by atoms with Gasteiger partial charge in [-0.05, 0) is 48.5 Å². The molecule has 3 aromatic carbocycles. The first-order chi connectivity index (χ1) is 12.4. The molecule has 0 bridgehead atoms. The van der Waals surface area contributed by atoms with Gasteiger partial charge in [-0.15, -0.1) is 0 Å². The zero-order valence-electron chi connectivity index (χ0n) is 14.3. The first-order valence-electron chi connectivity index (χ1n) is 8.04. The molecule has 0 amide bonds. The van der Waals surface area contributed by atoms with E-state index in [1.165, 1.54) is 17.7 Å². The van der Waals surface area contributed by atoms with E-state index in [1.807, 2.05) is 19.1 Å². The van der Waals surface area contributed by atoms with Crippen molar-refractivity contribution in [2.45, 2.75) is 11.8 Å². The Morgan fingerprint density at radius 3 is 1.65 bits per heavy atom. The second-order valence-electron chi connectivity index (χ2n) is 5.91. The Labute approximate surface area is 155 Å². The van der Waals surface area contributed by atoms with Crippen molar-refractivity contribution in [1.29, 1.82) is 0 Å². The van der Waals surface area contributed by atoms with Crippen molar-refractivity contribution >= 4 is 40.0 Å². The van der Waals surface area contributed by atoms with Crippen LogP contribution >= 0.6 is 7.92 Å². The molecule has 0 N–H and O–H groups in total. The number of rotatable bonds is 5. The summed E-state index contributed by atoms with van der Waals surface area (Å²) in [5.74, 6) is 0. The van der Waals surface area contributed by atoms with Gasteiger partial charge in [0.2, 0.25) is 0 Å². The topological polar surface area (TPSA) is 57.2 Å². The van der Waals surface area contributed by atoms with E-state index < -0.39 is 18.0 Å². The van der Waals surface area contributed by atoms with Crippen molar-refractivity contribution < 1.29 is 13.0 Å². The van der Waals surface area contributed by atoms with E-state index in [0.717, 1.165) is 21.5 Å². The lowest BCUT2D eigenvalue weighted by Crippen LogP contribution is -2.21. The van der Waals surface area contributed by atoms with Gasteiger partial charge in [0.25, 0.3) is 0 Å². The molecule has 0 aliphatic heterocycles. The van der Waals surface area contributed by atoms with Gasteiger partial charge in [-0.25, -0.2) is 8.42 Å². The first kappa shape index (κ1) is 18.5. The second kappa shape index (κ2) is 7.55. The van der Waals surface area contributed by atoms with Crippen molar-refractivity contribution in [3.63, 3.8) is 0 Å². The van der Waals surface area contributed by atoms with Crippen LogP contribution in [-0.4, -0.2) is 13.0 Å². The van der Waals surface area contributed by atoms with Crippen LogP contribution in [0.4, 0.5) is 0 Å². The van der Waals surface area contributed by atoms with Crippen LogP contribution < -0.4 is 15.9 Å². The maximum Gasteiger partial charge on any atom is 0.124 e. The Morgan fingerprint density at radius 2 is 1.23 bits per heavy atom. The fourth-order valence-corrected chi connectivity index (χ4v) is 5.37. The third-order valence-corrected chi connectivity index (χ3v) is 7.36. The highest BCUT2D eigenvalue weighted by Gasteiger charge is 2.17. The molecule has 3 rings (SSSR count). The lowest BCUT2D eigenvalue weighted by molar-refractivity contribution is 0.463. The molecule has 132 valence electrons. The van der Waals surface area contributed by atoms with E-state index in [2.05, 4.69) is 43.0 Å². The Balaban J connectivity index is 2.10. The number of hydrogen-bond donors (Lipinski definition) is 0. The van der Waals surface area contributed by atoms with Gasteiger partial charge in [0.1, 0.15) is 10.1 Å². The summed E-state index contributed by atoms with van der Waals surface area (Å²) in [7, 11) is -5.30. The first-order valence-corrected chi connectivity index (χ1v) is 10.8. The Bertz CT molecular complexity index is 1010. The van der Waals surface area contributed by atoms with E-state index in [-0.39, 0.29) is 4.90 Å². The predicted octanol–water partition coefficient (Wildman–Crippen LogP) is 3.30. The molecule has 3 nitrogen and oxygen atoms in total. The standard InChI is InChI=1S/C21H19O3PS/c1-3-17-6-10-19(11-7-17)25(18-8-4-16(2)5-9-18)20-12-14-21(15-13-20)26(22,23)24/h3-15H,1H2,2H3,(H,22,23,24)/p-1. The summed E-state index contributed by atoms with van der Waals surface area (Å²) >= 11 is 0. The monoisotopic (exact) mass is 381 g/mol. The zero-order chi connectivity index (χ0) is 18.7. The van der Waals surface area contributed by atoms with Gasteiger partial charge in [0.05, 0.1) is 4.90 Å². The highest BCUT2D eigenvalue weighted by atomic mass is 32.2. The highest BCUT2D eigenvalue weighted by Crippen LogP contribution is 2.33. The van der Waals surface area contributed by atoms with Crippen LogP contribution in [0.3, 0.4) is 0 Å². The molecule has 0 saturated carbocycles. The molecule has 0 aromatic heterocycles. The summed E-state index contributed by atoms with van der Waals surface area (Å²) in [6, 6.07) is 22.8. The van der Waals surface area contributed by atoms with Gasteiger partial charge in [0.15, 0.2) is 0 Å². The van der Waals surface area contributed by atoms with E-state index >= 15 is 0 Å². The van der Waals surface area contributed by atoms with Gasteiger partial charge in [0, 0.05) is 0 Å². The van der Waals surface area contributed by atoms with Crippen LogP contribution in [-0.2, 0) is 10.1 Å². The molecule has 5 heteroatoms. The lowest BCUT2D eigenvalue weighted by Gasteiger charge is -2.20. The second-order valence-corrected chi connectivity index (χ2v) is 9.51. The van der Waals surface area contributed by atoms with E-state index in [9.17, 15) is 13.0 Å². The molecule has 0 fully saturated rings. The van der Waals surface area contributed by atoms with Gasteiger partial charge >= 0.3 is 0 Å². The summed E-state index contributed by atoms with van der Waals surface area (Å²) in [6.45, 7) is 5.82. The summed E-state index contributed by atoms with van der Waals surface area (Å²) in [5.41, 5.74) is 2.22. The van der Waals surface area contributed by atoms with Gasteiger partial charge < -0.3 is 4.55 Å². The zero-order valence-corrected chi connectivity index (χ0v) is 16.0. The smallest absolute Gasteiger partial charge is 0.124 e. The van der Waals surface area contributed by atoms with Crippen LogP contribution in [0.5, 0.6) is 0 Å². The Hall–Kier alpha value is -2.26. The molecule has 1 unspecified atom stereocenters. The SMILES string of the molecule is C=Cc1ccc(P(c2ccc(C)cc2)c2ccc(S(=O)(=O)[O-])cc2)cc1. The molecule has 0 aliphatic carbocycles. The van der Waals surface area contributed by atoms with E-state index in [0.29, 0.717) is 0 Å². The molecule has 0 aliphatic rings. The number of benzene rings is 3. The lowest BCUT2D eigenvalue weighted by atomic mass is 10.2. The van der Waals surface area contributed by atoms with Crippen molar-refractivity contribution in [1.82, 2.24) is 0 Å². The molecular formula is C21H18O3PS-. The summed E-state index contributed by atoms with van der Waals surface area (Å²) in [4.78, 5) is -0.206. The van der Waals surface area contributed by atoms with E-state index in [1.54, 1.807) is 18.2 Å². The molecule has 0 heterocycles. The minimum absolute atomic E-state index is 0.206. The fourth-order valence-electron chi connectivity index (χ4n) is 2.66. The third-order valence-electron chi connectivity index (χ3n) is 4.06. The molecule has 0 spiro atoms. The minimum atomic E-state index is -4.44. The highest BCUT2D eigenvalue weighted by molar-refractivity contribution is 7.85. The van der Waals surface area contributed by atoms with Gasteiger partial charge in [-0.2, -0.15) is 0 Å². The summed E-state index contributed by atoms with van der Waals surface area (Å²) in [6.07, 6.45) is 1.80. The molecule has 3 aromatic rings. The van der Waals surface area contributed by atoms with Gasteiger partial charge in [-0.1, -0.05) is 78.9 Å². The maximum atomic E-state index is 11.2. The Morgan fingerprint density at radius 1 is 0.808 bits per heavy atom. The van der Waals surface area contributed by atoms with Crippen molar-refractivity contribution in [3.05, 3.63) is 90.5 Å². The van der Waals surface area contributed by atoms with Crippen LogP contribution in [0, 0.1) is 6.92 Å². The van der Waals surface area contributed by atoms with Crippen molar-refractivity contribution in [2.24, 2.45) is 0 Å². The number of aryl methyl sites for hydroxylation is 1. The quantitative estimate of drug-likeness (QED) is 0.503. The largest absolute Gasteiger partial charge is 0.744 e. The molecular weight excluding hydrogens is 363 g/mol. The van der Waals surface area contributed by atoms with Crippen LogP contribution in [0.2, 0.25) is 0 Å². The Kier molecular flexibility index (Phi) is 5.38. The van der Waals surface area contributed by atoms with E-state index in [4.69, 9.17) is 0 Å². The van der Waals surface area contributed by atoms with Crippen LogP contribution in [0.1, 0.15) is 11.1 Å². The third kappa shape index (κ3) is 4.10. The van der Waals surface area contributed by atoms with Crippen LogP contribution in [0.15, 0.2) is 84.3 Å².